The average molecular weight is 261 g/mol. The minimum Gasteiger partial charge on any atom is -0.368 e. The zero-order chi connectivity index (χ0) is 13.2. The smallest absolute Gasteiger partial charge is 0.150 e. The van der Waals surface area contributed by atoms with Gasteiger partial charge in [0.15, 0.2) is 0 Å². The summed E-state index contributed by atoms with van der Waals surface area (Å²) in [7, 11) is 0. The monoisotopic (exact) mass is 261 g/mol. The van der Waals surface area contributed by atoms with Gasteiger partial charge in [-0.2, -0.15) is 0 Å². The Hall–Kier alpha value is -1.38. The van der Waals surface area contributed by atoms with Crippen LogP contribution in [0.1, 0.15) is 48.9 Å². The Labute approximate surface area is 113 Å². The van der Waals surface area contributed by atoms with Crippen molar-refractivity contribution in [2.24, 2.45) is 5.92 Å². The van der Waals surface area contributed by atoms with Crippen LogP contribution in [0.3, 0.4) is 0 Å². The normalized spacial score (nSPS) is 26.9. The van der Waals surface area contributed by atoms with E-state index in [2.05, 4.69) is 4.90 Å². The van der Waals surface area contributed by atoms with Gasteiger partial charge in [0.2, 0.25) is 0 Å². The molecule has 1 saturated carbocycles. The van der Waals surface area contributed by atoms with Gasteiger partial charge in [0.25, 0.3) is 0 Å². The second-order valence-electron chi connectivity index (χ2n) is 5.81. The first-order chi connectivity index (χ1) is 9.28. The van der Waals surface area contributed by atoms with E-state index in [-0.39, 0.29) is 5.82 Å². The van der Waals surface area contributed by atoms with Gasteiger partial charge in [-0.25, -0.2) is 4.39 Å². The Kier molecular flexibility index (Phi) is 3.54. The van der Waals surface area contributed by atoms with Crippen molar-refractivity contribution in [3.8, 4) is 0 Å². The van der Waals surface area contributed by atoms with Crippen molar-refractivity contribution in [1.29, 1.82) is 0 Å². The zero-order valence-electron chi connectivity index (χ0n) is 11.1. The molecule has 1 aromatic rings. The number of rotatable bonds is 2. The highest BCUT2D eigenvalue weighted by molar-refractivity contribution is 5.77. The third-order valence-electron chi connectivity index (χ3n) is 4.62. The van der Waals surface area contributed by atoms with E-state index in [0.29, 0.717) is 11.6 Å². The highest BCUT2D eigenvalue weighted by Crippen LogP contribution is 2.38. The molecule has 0 N–H and O–H groups in total. The summed E-state index contributed by atoms with van der Waals surface area (Å²) in [5, 5.41) is 0. The van der Waals surface area contributed by atoms with Crippen molar-refractivity contribution < 1.29 is 9.18 Å². The lowest BCUT2D eigenvalue weighted by Gasteiger charge is -2.45. The van der Waals surface area contributed by atoms with Crippen molar-refractivity contribution in [2.45, 2.75) is 44.6 Å². The number of carbonyl (C=O) groups is 1. The zero-order valence-corrected chi connectivity index (χ0v) is 11.1. The first-order valence-corrected chi connectivity index (χ1v) is 7.30. The van der Waals surface area contributed by atoms with Gasteiger partial charge in [0.1, 0.15) is 12.1 Å². The summed E-state index contributed by atoms with van der Waals surface area (Å²) in [6.45, 7) is 0.989. The lowest BCUT2D eigenvalue weighted by molar-refractivity contribution is 0.112. The van der Waals surface area contributed by atoms with Crippen LogP contribution in [0.5, 0.6) is 0 Å². The molecule has 1 aliphatic carbocycles. The molecule has 1 aromatic carbocycles. The number of piperidine rings is 1. The number of nitrogens with zero attached hydrogens (tertiary/aromatic N) is 1. The van der Waals surface area contributed by atoms with Gasteiger partial charge in [-0.3, -0.25) is 4.79 Å². The minimum atomic E-state index is -0.308. The number of hydrogen-bond acceptors (Lipinski definition) is 2. The molecule has 2 nitrogen and oxygen atoms in total. The molecular formula is C16H20FNO. The molecule has 0 spiro atoms. The van der Waals surface area contributed by atoms with Crippen molar-refractivity contribution in [2.75, 3.05) is 11.4 Å². The second-order valence-corrected chi connectivity index (χ2v) is 5.81. The summed E-state index contributed by atoms with van der Waals surface area (Å²) in [6, 6.07) is 5.25. The van der Waals surface area contributed by atoms with Crippen LogP contribution < -0.4 is 4.90 Å². The Morgan fingerprint density at radius 2 is 1.89 bits per heavy atom. The number of fused-ring (bicyclic) bond motifs is 1. The maximum Gasteiger partial charge on any atom is 0.150 e. The van der Waals surface area contributed by atoms with E-state index >= 15 is 0 Å². The lowest BCUT2D eigenvalue weighted by Crippen LogP contribution is -2.47. The van der Waals surface area contributed by atoms with Crippen molar-refractivity contribution in [3.63, 3.8) is 0 Å². The van der Waals surface area contributed by atoms with Gasteiger partial charge in [-0.05, 0) is 49.8 Å². The van der Waals surface area contributed by atoms with E-state index in [1.54, 1.807) is 6.07 Å². The van der Waals surface area contributed by atoms with Crippen LogP contribution in [0, 0.1) is 11.7 Å². The summed E-state index contributed by atoms with van der Waals surface area (Å²) < 4.78 is 13.6. The molecule has 2 atom stereocenters. The fourth-order valence-corrected chi connectivity index (χ4v) is 3.78. The summed E-state index contributed by atoms with van der Waals surface area (Å²) >= 11 is 0. The summed E-state index contributed by atoms with van der Waals surface area (Å²) in [5.41, 5.74) is 1.33. The highest BCUT2D eigenvalue weighted by atomic mass is 19.1. The fraction of sp³-hybridized carbons (Fsp3) is 0.562. The van der Waals surface area contributed by atoms with Gasteiger partial charge in [0.05, 0.1) is 0 Å². The Morgan fingerprint density at radius 1 is 1.11 bits per heavy atom. The van der Waals surface area contributed by atoms with Gasteiger partial charge in [-0.15, -0.1) is 0 Å². The second kappa shape index (κ2) is 5.32. The number of carbonyl (C=O) groups excluding carboxylic acids is 1. The molecule has 102 valence electrons. The molecular weight excluding hydrogens is 241 g/mol. The van der Waals surface area contributed by atoms with Crippen LogP contribution >= 0.6 is 0 Å². The molecule has 0 aromatic heterocycles. The Morgan fingerprint density at radius 3 is 2.74 bits per heavy atom. The number of benzene rings is 1. The van der Waals surface area contributed by atoms with Crippen LogP contribution in [0.2, 0.25) is 0 Å². The van der Waals surface area contributed by atoms with Gasteiger partial charge < -0.3 is 4.90 Å². The van der Waals surface area contributed by atoms with E-state index in [9.17, 15) is 9.18 Å². The number of hydrogen-bond donors (Lipinski definition) is 0. The molecule has 2 unspecified atom stereocenters. The molecule has 3 heteroatoms. The molecule has 2 fully saturated rings. The summed E-state index contributed by atoms with van der Waals surface area (Å²) in [4.78, 5) is 13.2. The maximum absolute atomic E-state index is 13.6. The molecule has 1 aliphatic heterocycles. The largest absolute Gasteiger partial charge is 0.368 e. The molecule has 3 rings (SSSR count). The van der Waals surface area contributed by atoms with E-state index in [1.165, 1.54) is 44.6 Å². The molecule has 0 radical (unpaired) electrons. The van der Waals surface area contributed by atoms with Crippen LogP contribution in [0.15, 0.2) is 18.2 Å². The predicted molar refractivity (Wildman–Crippen MR) is 74.1 cm³/mol. The van der Waals surface area contributed by atoms with E-state index in [0.717, 1.165) is 24.4 Å². The summed E-state index contributed by atoms with van der Waals surface area (Å²) in [5.74, 6) is 0.447. The third kappa shape index (κ3) is 2.51. The van der Waals surface area contributed by atoms with Crippen LogP contribution in [0.4, 0.5) is 10.1 Å². The van der Waals surface area contributed by atoms with Crippen LogP contribution in [-0.2, 0) is 0 Å². The number of aldehydes is 1. The maximum atomic E-state index is 13.6. The van der Waals surface area contributed by atoms with Crippen LogP contribution in [0.25, 0.3) is 0 Å². The van der Waals surface area contributed by atoms with E-state index in [1.807, 2.05) is 6.07 Å². The fourth-order valence-electron chi connectivity index (χ4n) is 3.78. The number of halogens is 1. The van der Waals surface area contributed by atoms with Crippen molar-refractivity contribution >= 4 is 12.0 Å². The molecule has 0 amide bonds. The highest BCUT2D eigenvalue weighted by Gasteiger charge is 2.33. The average Bonchev–Trinajstić information content (AvgIpc) is 2.46. The minimum absolute atomic E-state index is 0.308. The molecule has 1 saturated heterocycles. The molecule has 1 heterocycles. The summed E-state index contributed by atoms with van der Waals surface area (Å²) in [6.07, 6.45) is 8.32. The van der Waals surface area contributed by atoms with Gasteiger partial charge in [-0.1, -0.05) is 12.8 Å². The topological polar surface area (TPSA) is 20.3 Å². The quantitative estimate of drug-likeness (QED) is 0.755. The Balaban J connectivity index is 1.91. The van der Waals surface area contributed by atoms with E-state index in [4.69, 9.17) is 0 Å². The third-order valence-corrected chi connectivity index (χ3v) is 4.62. The standard InChI is InChI=1S/C16H20FNO/c17-14-8-12(11-19)9-15(10-14)18-7-3-5-13-4-1-2-6-16(13)18/h8-11,13,16H,1-7H2. The van der Waals surface area contributed by atoms with Gasteiger partial charge >= 0.3 is 0 Å². The molecule has 0 bridgehead atoms. The number of anilines is 1. The SMILES string of the molecule is O=Cc1cc(F)cc(N2CCCC3CCCCC32)c1. The van der Waals surface area contributed by atoms with E-state index < -0.39 is 0 Å². The molecule has 19 heavy (non-hydrogen) atoms. The first-order valence-electron chi connectivity index (χ1n) is 7.30. The van der Waals surface area contributed by atoms with Crippen molar-refractivity contribution in [3.05, 3.63) is 29.6 Å². The van der Waals surface area contributed by atoms with Crippen molar-refractivity contribution in [1.82, 2.24) is 0 Å². The first kappa shape index (κ1) is 12.6. The lowest BCUT2D eigenvalue weighted by atomic mass is 9.78. The van der Waals surface area contributed by atoms with Crippen LogP contribution in [-0.4, -0.2) is 18.9 Å². The van der Waals surface area contributed by atoms with Gasteiger partial charge in [0, 0.05) is 23.8 Å². The predicted octanol–water partition coefficient (Wildman–Crippen LogP) is 3.80. The Bertz CT molecular complexity index is 472. The molecule has 2 aliphatic rings.